The molecule has 0 heterocycles. The van der Waals surface area contributed by atoms with Crippen molar-refractivity contribution in [1.82, 2.24) is 5.32 Å². The van der Waals surface area contributed by atoms with E-state index in [0.717, 1.165) is 12.8 Å². The van der Waals surface area contributed by atoms with Gasteiger partial charge in [0.1, 0.15) is 6.61 Å². The van der Waals surface area contributed by atoms with Crippen LogP contribution in [0.4, 0.5) is 4.79 Å². The molecule has 0 unspecified atom stereocenters. The van der Waals surface area contributed by atoms with Crippen molar-refractivity contribution in [3.8, 4) is 11.1 Å². The summed E-state index contributed by atoms with van der Waals surface area (Å²) in [5.74, 6) is -0.943. The number of nitrogens with one attached hydrogen (secondary N) is 1. The van der Waals surface area contributed by atoms with Gasteiger partial charge < -0.3 is 20.0 Å². The van der Waals surface area contributed by atoms with E-state index in [2.05, 4.69) is 29.6 Å². The molecule has 2 aliphatic rings. The summed E-state index contributed by atoms with van der Waals surface area (Å²) in [5, 5.41) is 13.8. The number of aliphatic carboxylic acids is 1. The maximum atomic E-state index is 12.2. The summed E-state index contributed by atoms with van der Waals surface area (Å²) in [6.07, 6.45) is 2.42. The van der Waals surface area contributed by atoms with Crippen molar-refractivity contribution in [2.45, 2.75) is 31.6 Å². The second-order valence-corrected chi connectivity index (χ2v) is 7.74. The summed E-state index contributed by atoms with van der Waals surface area (Å²) in [4.78, 5) is 23.1. The average Bonchev–Trinajstić information content (AvgIpc) is 3.05. The number of benzene rings is 2. The van der Waals surface area contributed by atoms with Gasteiger partial charge in [0.25, 0.3) is 0 Å². The van der Waals surface area contributed by atoms with Gasteiger partial charge in [-0.25, -0.2) is 4.79 Å². The zero-order chi connectivity index (χ0) is 19.5. The van der Waals surface area contributed by atoms with Crippen molar-refractivity contribution in [2.75, 3.05) is 13.2 Å². The van der Waals surface area contributed by atoms with Crippen molar-refractivity contribution >= 4 is 12.1 Å². The van der Waals surface area contributed by atoms with E-state index in [4.69, 9.17) is 4.74 Å². The molecule has 0 bridgehead atoms. The molecular formula is C23H24NNaO4. The van der Waals surface area contributed by atoms with Gasteiger partial charge in [-0.2, -0.15) is 0 Å². The third-order valence-electron chi connectivity index (χ3n) is 6.06. The zero-order valence-corrected chi connectivity index (χ0v) is 18.7. The van der Waals surface area contributed by atoms with Gasteiger partial charge in [0.15, 0.2) is 0 Å². The van der Waals surface area contributed by atoms with E-state index in [1.165, 1.54) is 22.3 Å². The van der Waals surface area contributed by atoms with Crippen LogP contribution in [0.2, 0.25) is 0 Å². The van der Waals surface area contributed by atoms with Gasteiger partial charge in [0.05, 0.1) is 0 Å². The Balaban J connectivity index is 0.00000240. The number of carboxylic acid groups (broad SMARTS) is 1. The fourth-order valence-corrected chi connectivity index (χ4v) is 4.48. The van der Waals surface area contributed by atoms with Crippen LogP contribution in [0.25, 0.3) is 11.1 Å². The largest absolute Gasteiger partial charge is 1.00 e. The van der Waals surface area contributed by atoms with Crippen LogP contribution in [0.5, 0.6) is 0 Å². The Hall–Kier alpha value is -1.82. The van der Waals surface area contributed by atoms with E-state index in [9.17, 15) is 14.7 Å². The summed E-state index contributed by atoms with van der Waals surface area (Å²) < 4.78 is 5.54. The first-order valence-electron chi connectivity index (χ1n) is 9.93. The molecular weight excluding hydrogens is 377 g/mol. The van der Waals surface area contributed by atoms with Crippen LogP contribution in [0.3, 0.4) is 0 Å². The number of carboxylic acids is 1. The van der Waals surface area contributed by atoms with Gasteiger partial charge in [-0.05, 0) is 59.8 Å². The quantitative estimate of drug-likeness (QED) is 0.720. The number of fused-ring (bicyclic) bond motifs is 3. The molecule has 0 spiro atoms. The van der Waals surface area contributed by atoms with E-state index in [0.29, 0.717) is 31.9 Å². The standard InChI is InChI=1S/C23H25NO4.Na/c25-22(26)16-11-9-15(10-12-16)13-24-23(27)28-14-21-19-7-3-1-5-17(19)18-6-2-4-8-20(18)21;/h1-8,15-16,21H,9-14H2,(H,24,27)(H,25,26);/q;+1/p-1. The van der Waals surface area contributed by atoms with Gasteiger partial charge in [0.2, 0.25) is 0 Å². The second-order valence-electron chi connectivity index (χ2n) is 7.74. The van der Waals surface area contributed by atoms with E-state index in [1.54, 1.807) is 0 Å². The Morgan fingerprint density at radius 3 is 2.03 bits per heavy atom. The molecule has 0 atom stereocenters. The van der Waals surface area contributed by atoms with Gasteiger partial charge in [-0.15, -0.1) is 0 Å². The topological polar surface area (TPSA) is 78.5 Å². The Morgan fingerprint density at radius 2 is 1.48 bits per heavy atom. The monoisotopic (exact) mass is 401 g/mol. The Bertz CT molecular complexity index is 831. The molecule has 5 nitrogen and oxygen atoms in total. The molecule has 1 saturated carbocycles. The first-order valence-corrected chi connectivity index (χ1v) is 9.93. The van der Waals surface area contributed by atoms with Crippen LogP contribution in [-0.4, -0.2) is 25.2 Å². The molecule has 2 aromatic carbocycles. The zero-order valence-electron chi connectivity index (χ0n) is 16.7. The predicted octanol–water partition coefficient (Wildman–Crippen LogP) is 0.0854. The van der Waals surface area contributed by atoms with E-state index in [-0.39, 0.29) is 41.4 Å². The summed E-state index contributed by atoms with van der Waals surface area (Å²) in [5.41, 5.74) is 4.79. The fraction of sp³-hybridized carbons (Fsp3) is 0.391. The fourth-order valence-electron chi connectivity index (χ4n) is 4.48. The van der Waals surface area contributed by atoms with Crippen molar-refractivity contribution in [3.05, 3.63) is 59.7 Å². The molecule has 1 amide bonds. The summed E-state index contributed by atoms with van der Waals surface area (Å²) in [6, 6.07) is 16.5. The van der Waals surface area contributed by atoms with Crippen LogP contribution in [0, 0.1) is 11.8 Å². The van der Waals surface area contributed by atoms with Gasteiger partial charge >= 0.3 is 35.7 Å². The van der Waals surface area contributed by atoms with Crippen LogP contribution >= 0.6 is 0 Å². The van der Waals surface area contributed by atoms with Gasteiger partial charge in [-0.1, -0.05) is 48.5 Å². The second kappa shape index (κ2) is 9.79. The molecule has 0 radical (unpaired) electrons. The number of hydrogen-bond donors (Lipinski definition) is 1. The Kier molecular flexibility index (Phi) is 7.38. The van der Waals surface area contributed by atoms with Gasteiger partial charge in [0, 0.05) is 18.4 Å². The van der Waals surface area contributed by atoms with Crippen LogP contribution in [0.1, 0.15) is 42.7 Å². The minimum Gasteiger partial charge on any atom is -0.550 e. The van der Waals surface area contributed by atoms with Crippen LogP contribution in [0.15, 0.2) is 48.5 Å². The minimum absolute atomic E-state index is 0. The normalized spacial score (nSPS) is 20.1. The maximum absolute atomic E-state index is 12.2. The average molecular weight is 401 g/mol. The molecule has 6 heteroatoms. The molecule has 146 valence electrons. The summed E-state index contributed by atoms with van der Waals surface area (Å²) >= 11 is 0. The molecule has 2 aromatic rings. The van der Waals surface area contributed by atoms with Crippen molar-refractivity contribution in [3.63, 3.8) is 0 Å². The third kappa shape index (κ3) is 4.85. The number of hydrogen-bond acceptors (Lipinski definition) is 4. The minimum atomic E-state index is -0.956. The maximum Gasteiger partial charge on any atom is 1.00 e. The molecule has 4 rings (SSSR count). The van der Waals surface area contributed by atoms with Crippen LogP contribution in [-0.2, 0) is 9.53 Å². The number of carbonyl (C=O) groups is 2. The first-order chi connectivity index (χ1) is 13.6. The van der Waals surface area contributed by atoms with Crippen molar-refractivity contribution in [1.29, 1.82) is 0 Å². The molecule has 0 aliphatic heterocycles. The Labute approximate surface area is 193 Å². The Morgan fingerprint density at radius 1 is 0.931 bits per heavy atom. The third-order valence-corrected chi connectivity index (χ3v) is 6.06. The number of ether oxygens (including phenoxy) is 1. The van der Waals surface area contributed by atoms with Gasteiger partial charge in [-0.3, -0.25) is 0 Å². The first kappa shape index (κ1) is 21.9. The predicted molar refractivity (Wildman–Crippen MR) is 104 cm³/mol. The molecule has 0 saturated heterocycles. The smallest absolute Gasteiger partial charge is 0.550 e. The summed E-state index contributed by atoms with van der Waals surface area (Å²) in [6.45, 7) is 0.827. The van der Waals surface area contributed by atoms with Crippen molar-refractivity contribution in [2.24, 2.45) is 11.8 Å². The van der Waals surface area contributed by atoms with Crippen molar-refractivity contribution < 1.29 is 49.0 Å². The number of carbonyl (C=O) groups excluding carboxylic acids is 2. The molecule has 1 N–H and O–H groups in total. The van der Waals surface area contributed by atoms with E-state index < -0.39 is 12.1 Å². The molecule has 1 fully saturated rings. The van der Waals surface area contributed by atoms with E-state index >= 15 is 0 Å². The van der Waals surface area contributed by atoms with E-state index in [1.807, 2.05) is 24.3 Å². The molecule has 29 heavy (non-hydrogen) atoms. The number of alkyl carbamates (subject to hydrolysis) is 1. The number of rotatable bonds is 5. The number of amides is 1. The molecule has 2 aliphatic carbocycles. The van der Waals surface area contributed by atoms with Crippen LogP contribution < -0.4 is 40.0 Å². The molecule has 0 aromatic heterocycles. The SMILES string of the molecule is O=C(NCC1CCC(C(=O)[O-])CC1)OCC1c2ccccc2-c2ccccc21.[Na+]. The summed E-state index contributed by atoms with van der Waals surface area (Å²) in [7, 11) is 0.